The standard InChI is InChI=1S/C20H36N.ClH/c1-2-3-4-5-6-7-8-9-10-11-12-13-15-18-21-19-16-14-17-20-21;/h14,16-17,19-20H,2-13,15,18H2,1H3;1H/q+1;/p-1. The number of unbranched alkanes of at least 4 members (excludes halogenated alkanes) is 12. The first-order valence-electron chi connectivity index (χ1n) is 9.37. The van der Waals surface area contributed by atoms with E-state index in [0.29, 0.717) is 0 Å². The topological polar surface area (TPSA) is 3.88 Å². The molecule has 0 spiro atoms. The maximum atomic E-state index is 2.29. The van der Waals surface area contributed by atoms with Crippen LogP contribution in [0.15, 0.2) is 30.6 Å². The Hall–Kier alpha value is -0.560. The van der Waals surface area contributed by atoms with E-state index in [9.17, 15) is 0 Å². The van der Waals surface area contributed by atoms with Crippen molar-refractivity contribution in [3.05, 3.63) is 30.6 Å². The minimum absolute atomic E-state index is 0. The van der Waals surface area contributed by atoms with Gasteiger partial charge in [-0.3, -0.25) is 0 Å². The number of rotatable bonds is 14. The van der Waals surface area contributed by atoms with Crippen molar-refractivity contribution in [1.29, 1.82) is 0 Å². The van der Waals surface area contributed by atoms with Gasteiger partial charge in [0.1, 0.15) is 6.54 Å². The lowest BCUT2D eigenvalue weighted by atomic mass is 10.0. The predicted molar refractivity (Wildman–Crippen MR) is 92.3 cm³/mol. The van der Waals surface area contributed by atoms with E-state index >= 15 is 0 Å². The van der Waals surface area contributed by atoms with E-state index in [1.165, 1.54) is 90.0 Å². The number of pyridine rings is 1. The first-order chi connectivity index (χ1) is 10.4. The molecule has 0 aliphatic carbocycles. The zero-order chi connectivity index (χ0) is 15.0. The van der Waals surface area contributed by atoms with E-state index in [1.807, 2.05) is 0 Å². The van der Waals surface area contributed by atoms with E-state index in [0.717, 1.165) is 0 Å². The second-order valence-corrected chi connectivity index (χ2v) is 6.36. The van der Waals surface area contributed by atoms with Crippen LogP contribution in [0, 0.1) is 0 Å². The van der Waals surface area contributed by atoms with E-state index < -0.39 is 0 Å². The van der Waals surface area contributed by atoms with Gasteiger partial charge < -0.3 is 12.4 Å². The highest BCUT2D eigenvalue weighted by Crippen LogP contribution is 2.12. The van der Waals surface area contributed by atoms with Gasteiger partial charge in [-0.05, 0) is 6.42 Å². The molecule has 22 heavy (non-hydrogen) atoms. The molecule has 1 nitrogen and oxygen atoms in total. The SMILES string of the molecule is CCCCCCCCCCCCCCC[n+]1ccccc1.[Cl-]. The lowest BCUT2D eigenvalue weighted by molar-refractivity contribution is -0.697. The Bertz CT molecular complexity index is 313. The minimum atomic E-state index is 0. The summed E-state index contributed by atoms with van der Waals surface area (Å²) in [4.78, 5) is 0. The van der Waals surface area contributed by atoms with Gasteiger partial charge >= 0.3 is 0 Å². The number of aromatic nitrogens is 1. The lowest BCUT2D eigenvalue weighted by Crippen LogP contribution is -3.00. The van der Waals surface area contributed by atoms with Gasteiger partial charge in [0.25, 0.3) is 0 Å². The summed E-state index contributed by atoms with van der Waals surface area (Å²) in [6.07, 6.45) is 22.9. The Labute approximate surface area is 144 Å². The van der Waals surface area contributed by atoms with Crippen LogP contribution in [-0.4, -0.2) is 0 Å². The fourth-order valence-electron chi connectivity index (χ4n) is 2.90. The van der Waals surface area contributed by atoms with Crippen molar-refractivity contribution < 1.29 is 17.0 Å². The molecule has 0 aromatic carbocycles. The van der Waals surface area contributed by atoms with Crippen LogP contribution in [0.2, 0.25) is 0 Å². The molecule has 0 aliphatic heterocycles. The molecule has 0 N–H and O–H groups in total. The Kier molecular flexibility index (Phi) is 16.4. The first kappa shape index (κ1) is 21.4. The van der Waals surface area contributed by atoms with Gasteiger partial charge in [-0.1, -0.05) is 83.6 Å². The molecule has 2 heteroatoms. The fourth-order valence-corrected chi connectivity index (χ4v) is 2.90. The van der Waals surface area contributed by atoms with Crippen molar-refractivity contribution in [2.45, 2.75) is 96.9 Å². The number of halogens is 1. The maximum Gasteiger partial charge on any atom is 0.168 e. The molecule has 1 heterocycles. The van der Waals surface area contributed by atoms with Gasteiger partial charge in [0.15, 0.2) is 12.4 Å². The maximum absolute atomic E-state index is 2.29. The van der Waals surface area contributed by atoms with Gasteiger partial charge in [0.05, 0.1) is 0 Å². The van der Waals surface area contributed by atoms with E-state index in [2.05, 4.69) is 42.1 Å². The number of aryl methyl sites for hydroxylation is 1. The molecule has 0 saturated carbocycles. The molecule has 0 radical (unpaired) electrons. The summed E-state index contributed by atoms with van der Waals surface area (Å²) in [7, 11) is 0. The Morgan fingerprint density at radius 3 is 1.41 bits per heavy atom. The molecule has 0 bridgehead atoms. The van der Waals surface area contributed by atoms with Crippen molar-refractivity contribution in [3.63, 3.8) is 0 Å². The third-order valence-electron chi connectivity index (χ3n) is 4.30. The number of hydrogen-bond donors (Lipinski definition) is 0. The molecule has 1 rings (SSSR count). The Morgan fingerprint density at radius 2 is 0.955 bits per heavy atom. The molecular weight excluding hydrogens is 290 g/mol. The third kappa shape index (κ3) is 13.1. The number of hydrogen-bond acceptors (Lipinski definition) is 0. The van der Waals surface area contributed by atoms with Crippen molar-refractivity contribution in [2.24, 2.45) is 0 Å². The van der Waals surface area contributed by atoms with E-state index in [1.54, 1.807) is 0 Å². The van der Waals surface area contributed by atoms with Crippen molar-refractivity contribution in [3.8, 4) is 0 Å². The Morgan fingerprint density at radius 1 is 0.545 bits per heavy atom. The number of nitrogens with zero attached hydrogens (tertiary/aromatic N) is 1. The summed E-state index contributed by atoms with van der Waals surface area (Å²) in [5.74, 6) is 0. The molecule has 0 unspecified atom stereocenters. The summed E-state index contributed by atoms with van der Waals surface area (Å²) in [5.41, 5.74) is 0. The predicted octanol–water partition coefficient (Wildman–Crippen LogP) is 3.07. The van der Waals surface area contributed by atoms with Crippen LogP contribution in [0.1, 0.15) is 90.4 Å². The van der Waals surface area contributed by atoms with E-state index in [-0.39, 0.29) is 12.4 Å². The van der Waals surface area contributed by atoms with Crippen molar-refractivity contribution >= 4 is 0 Å². The van der Waals surface area contributed by atoms with Crippen LogP contribution in [0.5, 0.6) is 0 Å². The monoisotopic (exact) mass is 325 g/mol. The van der Waals surface area contributed by atoms with Gasteiger partial charge in [-0.15, -0.1) is 0 Å². The molecule has 128 valence electrons. The van der Waals surface area contributed by atoms with Gasteiger partial charge in [0.2, 0.25) is 0 Å². The normalized spacial score (nSPS) is 10.4. The van der Waals surface area contributed by atoms with Gasteiger partial charge in [0, 0.05) is 18.6 Å². The highest BCUT2D eigenvalue weighted by molar-refractivity contribution is 4.83. The quantitative estimate of drug-likeness (QED) is 0.365. The largest absolute Gasteiger partial charge is 1.00 e. The summed E-state index contributed by atoms with van der Waals surface area (Å²) in [6, 6.07) is 6.31. The van der Waals surface area contributed by atoms with Crippen molar-refractivity contribution in [1.82, 2.24) is 0 Å². The molecule has 1 aromatic heterocycles. The zero-order valence-corrected chi connectivity index (χ0v) is 15.4. The van der Waals surface area contributed by atoms with E-state index in [4.69, 9.17) is 0 Å². The summed E-state index contributed by atoms with van der Waals surface area (Å²) in [5, 5.41) is 0. The first-order valence-corrected chi connectivity index (χ1v) is 9.37. The molecule has 0 aliphatic rings. The minimum Gasteiger partial charge on any atom is -1.00 e. The second kappa shape index (κ2) is 16.8. The van der Waals surface area contributed by atoms with Crippen LogP contribution in [0.3, 0.4) is 0 Å². The van der Waals surface area contributed by atoms with Gasteiger partial charge in [-0.25, -0.2) is 4.57 Å². The third-order valence-corrected chi connectivity index (χ3v) is 4.30. The summed E-state index contributed by atoms with van der Waals surface area (Å²) < 4.78 is 2.29. The van der Waals surface area contributed by atoms with Crippen LogP contribution in [0.25, 0.3) is 0 Å². The molecule has 0 amide bonds. The van der Waals surface area contributed by atoms with Crippen LogP contribution in [0.4, 0.5) is 0 Å². The average molecular weight is 326 g/mol. The smallest absolute Gasteiger partial charge is 0.168 e. The average Bonchev–Trinajstić information content (AvgIpc) is 2.53. The molecule has 0 saturated heterocycles. The van der Waals surface area contributed by atoms with Crippen LogP contribution >= 0.6 is 0 Å². The van der Waals surface area contributed by atoms with Gasteiger partial charge in [-0.2, -0.15) is 0 Å². The van der Waals surface area contributed by atoms with Crippen molar-refractivity contribution in [2.75, 3.05) is 0 Å². The molecule has 1 aromatic rings. The molecule has 0 fully saturated rings. The van der Waals surface area contributed by atoms with Crippen LogP contribution < -0.4 is 17.0 Å². The summed E-state index contributed by atoms with van der Waals surface area (Å²) >= 11 is 0. The Balaban J connectivity index is 0.00000441. The lowest BCUT2D eigenvalue weighted by Gasteiger charge is -2.02. The summed E-state index contributed by atoms with van der Waals surface area (Å²) in [6.45, 7) is 3.47. The van der Waals surface area contributed by atoms with Crippen LogP contribution in [-0.2, 0) is 6.54 Å². The highest BCUT2D eigenvalue weighted by Gasteiger charge is 1.98. The second-order valence-electron chi connectivity index (χ2n) is 6.36. The fraction of sp³-hybridized carbons (Fsp3) is 0.750. The zero-order valence-electron chi connectivity index (χ0n) is 14.6. The molecular formula is C20H36ClN. The molecule has 0 atom stereocenters. The highest BCUT2D eigenvalue weighted by atomic mass is 35.5.